The average molecular weight is 432 g/mol. The van der Waals surface area contributed by atoms with Gasteiger partial charge in [-0.25, -0.2) is 4.68 Å². The zero-order valence-electron chi connectivity index (χ0n) is 17.4. The van der Waals surface area contributed by atoms with Crippen molar-refractivity contribution in [3.63, 3.8) is 0 Å². The number of benzene rings is 1. The molecule has 2 fully saturated rings. The van der Waals surface area contributed by atoms with Crippen molar-refractivity contribution in [2.45, 2.75) is 63.3 Å². The fourth-order valence-corrected chi connectivity index (χ4v) is 5.88. The van der Waals surface area contributed by atoms with E-state index in [0.717, 1.165) is 22.6 Å². The van der Waals surface area contributed by atoms with Crippen LogP contribution in [0.25, 0.3) is 0 Å². The third-order valence-electron chi connectivity index (χ3n) is 7.42. The minimum atomic E-state index is -4.46. The summed E-state index contributed by atoms with van der Waals surface area (Å²) in [7, 11) is 0. The van der Waals surface area contributed by atoms with Crippen LogP contribution in [-0.4, -0.2) is 27.9 Å². The first-order valence-corrected chi connectivity index (χ1v) is 11.1. The molecule has 0 saturated heterocycles. The van der Waals surface area contributed by atoms with Crippen molar-refractivity contribution in [2.75, 3.05) is 5.32 Å². The first-order chi connectivity index (χ1) is 14.8. The van der Waals surface area contributed by atoms with Gasteiger partial charge in [-0.05, 0) is 49.5 Å². The molecule has 5 rings (SSSR count). The molecule has 2 bridgehead atoms. The minimum absolute atomic E-state index is 0.00929. The first-order valence-electron chi connectivity index (χ1n) is 11.1. The lowest BCUT2D eigenvalue weighted by molar-refractivity contribution is -0.173. The lowest BCUT2D eigenvalue weighted by atomic mass is 9.84. The molecule has 8 heteroatoms. The number of anilines is 1. The molecule has 2 N–H and O–H groups in total. The Morgan fingerprint density at radius 3 is 2.61 bits per heavy atom. The summed E-state index contributed by atoms with van der Waals surface area (Å²) >= 11 is 0. The monoisotopic (exact) mass is 432 g/mol. The fourth-order valence-electron chi connectivity index (χ4n) is 5.88. The van der Waals surface area contributed by atoms with Gasteiger partial charge < -0.3 is 10.6 Å². The zero-order valence-corrected chi connectivity index (χ0v) is 17.4. The molecule has 1 aromatic carbocycles. The van der Waals surface area contributed by atoms with Gasteiger partial charge in [-0.3, -0.25) is 4.79 Å². The fraction of sp³-hybridized carbons (Fsp3) is 0.565. The number of carbonyl (C=O) groups is 1. The van der Waals surface area contributed by atoms with Crippen LogP contribution in [0, 0.1) is 17.8 Å². The lowest BCUT2D eigenvalue weighted by Crippen LogP contribution is -2.40. The highest BCUT2D eigenvalue weighted by Crippen LogP contribution is 2.49. The molecule has 0 radical (unpaired) electrons. The number of nitrogens with one attached hydrogen (secondary N) is 2. The van der Waals surface area contributed by atoms with Gasteiger partial charge in [0.15, 0.2) is 11.7 Å². The third kappa shape index (κ3) is 3.81. The van der Waals surface area contributed by atoms with E-state index in [1.165, 1.54) is 25.3 Å². The van der Waals surface area contributed by atoms with Crippen LogP contribution in [0.2, 0.25) is 0 Å². The van der Waals surface area contributed by atoms with Crippen LogP contribution in [0.15, 0.2) is 36.4 Å². The number of nitrogens with zero attached hydrogens (tertiary/aromatic N) is 2. The highest BCUT2D eigenvalue weighted by Gasteiger charge is 2.47. The number of alkyl halides is 3. The van der Waals surface area contributed by atoms with Crippen molar-refractivity contribution >= 4 is 11.7 Å². The van der Waals surface area contributed by atoms with Crippen molar-refractivity contribution in [3.8, 4) is 0 Å². The van der Waals surface area contributed by atoms with E-state index in [9.17, 15) is 18.0 Å². The molecule has 0 unspecified atom stereocenters. The van der Waals surface area contributed by atoms with Gasteiger partial charge in [0.2, 0.25) is 0 Å². The summed E-state index contributed by atoms with van der Waals surface area (Å²) in [5.41, 5.74) is 0.806. The number of hydrogen-bond acceptors (Lipinski definition) is 3. The third-order valence-corrected chi connectivity index (χ3v) is 7.42. The van der Waals surface area contributed by atoms with Gasteiger partial charge in [0, 0.05) is 18.5 Å². The van der Waals surface area contributed by atoms with Crippen LogP contribution < -0.4 is 10.6 Å². The van der Waals surface area contributed by atoms with E-state index in [1.54, 1.807) is 0 Å². The molecule has 1 aliphatic heterocycles. The largest absolute Gasteiger partial charge is 0.410 e. The average Bonchev–Trinajstić information content (AvgIpc) is 3.48. The first kappa shape index (κ1) is 20.4. The van der Waals surface area contributed by atoms with Crippen molar-refractivity contribution in [1.29, 1.82) is 0 Å². The predicted molar refractivity (Wildman–Crippen MR) is 111 cm³/mol. The summed E-state index contributed by atoms with van der Waals surface area (Å²) < 4.78 is 42.4. The van der Waals surface area contributed by atoms with Crippen molar-refractivity contribution < 1.29 is 18.0 Å². The summed E-state index contributed by atoms with van der Waals surface area (Å²) in [5, 5.41) is 10.2. The summed E-state index contributed by atoms with van der Waals surface area (Å²) in [6.07, 6.45) is 0.226. The number of fused-ring (bicyclic) bond motifs is 3. The molecule has 5 nitrogen and oxygen atoms in total. The summed E-state index contributed by atoms with van der Waals surface area (Å²) in [6, 6.07) is 8.21. The molecule has 2 saturated carbocycles. The SMILES string of the molecule is C[C@H](NC(=O)c1cc2n(n1)[C@H](C(F)(F)F)C[C@@H](c1ccccc1)N2)[C@H]1C[C@H]2CC[C@H]1C2. The highest BCUT2D eigenvalue weighted by molar-refractivity contribution is 5.93. The summed E-state index contributed by atoms with van der Waals surface area (Å²) in [4.78, 5) is 12.8. The van der Waals surface area contributed by atoms with E-state index in [1.807, 2.05) is 37.3 Å². The van der Waals surface area contributed by atoms with E-state index in [0.29, 0.717) is 11.8 Å². The van der Waals surface area contributed by atoms with Crippen molar-refractivity contribution in [1.82, 2.24) is 15.1 Å². The maximum Gasteiger partial charge on any atom is 0.410 e. The topological polar surface area (TPSA) is 59.0 Å². The zero-order chi connectivity index (χ0) is 21.8. The Morgan fingerprint density at radius 2 is 1.97 bits per heavy atom. The second-order valence-corrected chi connectivity index (χ2v) is 9.36. The molecule has 2 aromatic rings. The van der Waals surface area contributed by atoms with Crippen LogP contribution in [0.3, 0.4) is 0 Å². The Balaban J connectivity index is 1.36. The van der Waals surface area contributed by atoms with E-state index in [2.05, 4.69) is 15.7 Å². The van der Waals surface area contributed by atoms with Crippen LogP contribution in [0.4, 0.5) is 19.0 Å². The number of aromatic nitrogens is 2. The Labute approximate surface area is 179 Å². The van der Waals surface area contributed by atoms with Gasteiger partial charge in [-0.2, -0.15) is 18.3 Å². The van der Waals surface area contributed by atoms with Gasteiger partial charge in [0.1, 0.15) is 5.82 Å². The van der Waals surface area contributed by atoms with Gasteiger partial charge in [0.05, 0.1) is 6.04 Å². The Hall–Kier alpha value is -2.51. The van der Waals surface area contributed by atoms with Crippen LogP contribution >= 0.6 is 0 Å². The molecule has 31 heavy (non-hydrogen) atoms. The molecular formula is C23H27F3N4O. The number of amides is 1. The van der Waals surface area contributed by atoms with Gasteiger partial charge >= 0.3 is 6.18 Å². The van der Waals surface area contributed by atoms with Gasteiger partial charge in [-0.1, -0.05) is 36.8 Å². The normalized spacial score (nSPS) is 30.5. The summed E-state index contributed by atoms with van der Waals surface area (Å²) in [5.74, 6) is 1.68. The van der Waals surface area contributed by atoms with E-state index < -0.39 is 24.2 Å². The number of rotatable bonds is 4. The van der Waals surface area contributed by atoms with E-state index in [-0.39, 0.29) is 24.0 Å². The molecule has 2 heterocycles. The molecule has 2 aliphatic carbocycles. The lowest BCUT2D eigenvalue weighted by Gasteiger charge is -2.33. The highest BCUT2D eigenvalue weighted by atomic mass is 19.4. The Morgan fingerprint density at radius 1 is 1.19 bits per heavy atom. The Bertz CT molecular complexity index is 957. The molecule has 6 atom stereocenters. The second-order valence-electron chi connectivity index (χ2n) is 9.36. The molecular weight excluding hydrogens is 405 g/mol. The van der Waals surface area contributed by atoms with Crippen LogP contribution in [0.5, 0.6) is 0 Å². The molecule has 3 aliphatic rings. The van der Waals surface area contributed by atoms with Crippen molar-refractivity contribution in [3.05, 3.63) is 47.7 Å². The standard InChI is InChI=1S/C23H27F3N4O/c1-13(17-10-14-7-8-16(17)9-14)27-22(31)19-12-21-28-18(15-5-3-2-4-6-15)11-20(23(24,25)26)30(21)29-19/h2-6,12-14,16-18,20,28H,7-11H2,1H3,(H,27,31)/t13-,14-,16-,17+,18-,20-/m0/s1. The van der Waals surface area contributed by atoms with Crippen LogP contribution in [0.1, 0.15) is 67.2 Å². The quantitative estimate of drug-likeness (QED) is 0.707. The predicted octanol–water partition coefficient (Wildman–Crippen LogP) is 5.10. The van der Waals surface area contributed by atoms with Crippen LogP contribution in [-0.2, 0) is 0 Å². The van der Waals surface area contributed by atoms with E-state index in [4.69, 9.17) is 0 Å². The molecule has 1 aromatic heterocycles. The maximum atomic E-state index is 13.8. The molecule has 1 amide bonds. The number of hydrogen-bond donors (Lipinski definition) is 2. The maximum absolute atomic E-state index is 13.8. The molecule has 0 spiro atoms. The van der Waals surface area contributed by atoms with Crippen molar-refractivity contribution in [2.24, 2.45) is 17.8 Å². The summed E-state index contributed by atoms with van der Waals surface area (Å²) in [6.45, 7) is 2.00. The van der Waals surface area contributed by atoms with Gasteiger partial charge in [-0.15, -0.1) is 0 Å². The molecule has 166 valence electrons. The van der Waals surface area contributed by atoms with E-state index >= 15 is 0 Å². The smallest absolute Gasteiger partial charge is 0.363 e. The minimum Gasteiger partial charge on any atom is -0.363 e. The number of halogens is 3. The number of carbonyl (C=O) groups excluding carboxylic acids is 1. The Kier molecular flexibility index (Phi) is 4.98. The second kappa shape index (κ2) is 7.57. The van der Waals surface area contributed by atoms with Gasteiger partial charge in [0.25, 0.3) is 5.91 Å².